The molecule has 0 saturated carbocycles. The molecule has 0 aliphatic carbocycles. The molecule has 0 fully saturated rings. The van der Waals surface area contributed by atoms with E-state index in [2.05, 4.69) is 36.9 Å². The third-order valence-electron chi connectivity index (χ3n) is 8.45. The van der Waals surface area contributed by atoms with Crippen molar-refractivity contribution in [2.24, 2.45) is 39.8 Å². The number of amides is 7. The van der Waals surface area contributed by atoms with Gasteiger partial charge in [-0.15, -0.1) is 0 Å². The first kappa shape index (κ1) is 50.1. The maximum absolute atomic E-state index is 13.8. The van der Waals surface area contributed by atoms with Crippen molar-refractivity contribution in [3.63, 3.8) is 0 Å². The molecular weight excluding hydrogens is 762 g/mol. The lowest BCUT2D eigenvalue weighted by Gasteiger charge is -2.27. The molecule has 0 unspecified atom stereocenters. The number of nitrogens with two attached hydrogens (primary N) is 4. The Morgan fingerprint density at radius 2 is 1.16 bits per heavy atom. The van der Waals surface area contributed by atoms with E-state index in [0.29, 0.717) is 12.0 Å². The van der Waals surface area contributed by atoms with Gasteiger partial charge in [-0.25, -0.2) is 4.79 Å². The van der Waals surface area contributed by atoms with Gasteiger partial charge in [0.2, 0.25) is 41.4 Å². The molecule has 0 bridgehead atoms. The number of aliphatic hydroxyl groups is 2. The van der Waals surface area contributed by atoms with Gasteiger partial charge in [0.1, 0.15) is 36.3 Å². The van der Waals surface area contributed by atoms with Crippen molar-refractivity contribution in [3.05, 3.63) is 35.9 Å². The number of carboxylic acid groups (broad SMARTS) is 1. The van der Waals surface area contributed by atoms with Crippen molar-refractivity contribution in [1.82, 2.24) is 31.9 Å². The van der Waals surface area contributed by atoms with E-state index >= 15 is 0 Å². The average Bonchev–Trinajstić information content (AvgIpc) is 3.14. The minimum absolute atomic E-state index is 0.00643. The second-order valence-electron chi connectivity index (χ2n) is 14.3. The summed E-state index contributed by atoms with van der Waals surface area (Å²) in [6.45, 7) is 5.05. The topological polar surface area (TPSA) is 386 Å². The van der Waals surface area contributed by atoms with E-state index < -0.39 is 115 Å². The molecule has 1 rings (SSSR count). The van der Waals surface area contributed by atoms with Gasteiger partial charge < -0.3 is 70.2 Å². The standard InChI is InChI=1S/C36H59N11O11/c1-18(2)13-21(37)29(51)47-28(19(3)4)34(56)45-25(16-48)33(55)44-24(15-27(38)50)32(54)42-22(11-8-12-41-36(39)40)30(52)43-23(14-20-9-6-5-7-10-20)31(53)46-26(17-49)35(57)58/h5-7,9-10,18-19,21-26,28,48-49H,8,11-17,37H2,1-4H3,(H2,38,50)(H,42,54)(H,43,52)(H,44,55)(H,45,56)(H,46,53)(H,47,51)(H,57,58)(H4,39,40,41)/t21-,22-,23-,24-,25-,26-,28-/m0/s1. The van der Waals surface area contributed by atoms with E-state index in [-0.39, 0.29) is 37.7 Å². The molecule has 0 aliphatic rings. The van der Waals surface area contributed by atoms with Gasteiger partial charge in [0.05, 0.1) is 25.7 Å². The summed E-state index contributed by atoms with van der Waals surface area (Å²) in [5.74, 6) is -8.90. The summed E-state index contributed by atoms with van der Waals surface area (Å²) in [6, 6.07) is -1.85. The minimum atomic E-state index is -1.76. The van der Waals surface area contributed by atoms with Crippen LogP contribution in [0.2, 0.25) is 0 Å². The van der Waals surface area contributed by atoms with Crippen LogP contribution in [0.15, 0.2) is 35.3 Å². The molecule has 58 heavy (non-hydrogen) atoms. The third-order valence-corrected chi connectivity index (χ3v) is 8.45. The third kappa shape index (κ3) is 18.4. The Bertz CT molecular complexity index is 1590. The second-order valence-corrected chi connectivity index (χ2v) is 14.3. The molecule has 22 heteroatoms. The Hall–Kier alpha value is -5.87. The van der Waals surface area contributed by atoms with Crippen LogP contribution >= 0.6 is 0 Å². The van der Waals surface area contributed by atoms with Crippen molar-refractivity contribution in [1.29, 1.82) is 0 Å². The summed E-state index contributed by atoms with van der Waals surface area (Å²) in [5, 5.41) is 43.0. The van der Waals surface area contributed by atoms with Gasteiger partial charge in [-0.1, -0.05) is 58.0 Å². The summed E-state index contributed by atoms with van der Waals surface area (Å²) in [6.07, 6.45) is -0.701. The first-order valence-corrected chi connectivity index (χ1v) is 18.6. The lowest BCUT2D eigenvalue weighted by Crippen LogP contribution is -2.61. The highest BCUT2D eigenvalue weighted by Crippen LogP contribution is 2.09. The summed E-state index contributed by atoms with van der Waals surface area (Å²) < 4.78 is 0. The van der Waals surface area contributed by atoms with Crippen LogP contribution in [0.5, 0.6) is 0 Å². The van der Waals surface area contributed by atoms with Crippen LogP contribution in [0.3, 0.4) is 0 Å². The maximum Gasteiger partial charge on any atom is 0.328 e. The van der Waals surface area contributed by atoms with E-state index in [1.165, 1.54) is 0 Å². The van der Waals surface area contributed by atoms with Crippen LogP contribution in [-0.4, -0.2) is 131 Å². The average molecular weight is 822 g/mol. The second kappa shape index (κ2) is 25.4. The van der Waals surface area contributed by atoms with E-state index in [1.54, 1.807) is 44.2 Å². The van der Waals surface area contributed by atoms with Crippen molar-refractivity contribution < 1.29 is 53.7 Å². The van der Waals surface area contributed by atoms with Gasteiger partial charge in [0, 0.05) is 13.0 Å². The number of hydrogen-bond acceptors (Lipinski definition) is 12. The number of nitrogens with one attached hydrogen (secondary N) is 6. The molecule has 1 aromatic rings. The molecule has 0 radical (unpaired) electrons. The van der Waals surface area contributed by atoms with Gasteiger partial charge in [-0.3, -0.25) is 38.6 Å². The predicted molar refractivity (Wildman–Crippen MR) is 210 cm³/mol. The number of hydrogen-bond donors (Lipinski definition) is 13. The molecule has 0 saturated heterocycles. The van der Waals surface area contributed by atoms with Crippen molar-refractivity contribution in [2.45, 2.75) is 102 Å². The number of primary amides is 1. The quantitative estimate of drug-likeness (QED) is 0.0237. The first-order chi connectivity index (χ1) is 27.2. The van der Waals surface area contributed by atoms with Gasteiger partial charge >= 0.3 is 5.97 Å². The Kier molecular flexibility index (Phi) is 22.0. The molecule has 324 valence electrons. The summed E-state index contributed by atoms with van der Waals surface area (Å²) in [5.41, 5.74) is 22.7. The zero-order valence-electron chi connectivity index (χ0n) is 33.1. The number of aliphatic carboxylic acids is 1. The Balaban J connectivity index is 3.35. The van der Waals surface area contributed by atoms with Gasteiger partial charge in [0.25, 0.3) is 0 Å². The molecule has 7 amide bonds. The van der Waals surface area contributed by atoms with E-state index in [9.17, 15) is 53.7 Å². The molecule has 22 nitrogen and oxygen atoms in total. The highest BCUT2D eigenvalue weighted by Gasteiger charge is 2.34. The van der Waals surface area contributed by atoms with E-state index in [0.717, 1.165) is 0 Å². The van der Waals surface area contributed by atoms with Crippen molar-refractivity contribution >= 4 is 53.3 Å². The SMILES string of the molecule is CC(C)C[C@H](N)C(=O)N[C@H](C(=O)N[C@@H](CO)C(=O)N[C@@H](CC(N)=O)C(=O)N[C@@H](CCCN=C(N)N)C(=O)N[C@@H](Cc1ccccc1)C(=O)N[C@@H](CO)C(=O)O)C(C)C. The zero-order chi connectivity index (χ0) is 44.1. The fourth-order valence-corrected chi connectivity index (χ4v) is 5.38. The summed E-state index contributed by atoms with van der Waals surface area (Å²) in [7, 11) is 0. The minimum Gasteiger partial charge on any atom is -0.480 e. The number of guanidine groups is 1. The number of aliphatic hydroxyl groups excluding tert-OH is 2. The molecule has 1 aromatic carbocycles. The van der Waals surface area contributed by atoms with Gasteiger partial charge in [0.15, 0.2) is 5.96 Å². The first-order valence-electron chi connectivity index (χ1n) is 18.6. The van der Waals surface area contributed by atoms with Crippen LogP contribution in [0.4, 0.5) is 0 Å². The van der Waals surface area contributed by atoms with Crippen LogP contribution in [0, 0.1) is 11.8 Å². The maximum atomic E-state index is 13.8. The molecule has 0 aromatic heterocycles. The largest absolute Gasteiger partial charge is 0.480 e. The molecule has 0 aliphatic heterocycles. The molecular formula is C36H59N11O11. The highest BCUT2D eigenvalue weighted by molar-refractivity contribution is 5.98. The molecule has 7 atom stereocenters. The van der Waals surface area contributed by atoms with Gasteiger partial charge in [-0.05, 0) is 36.7 Å². The number of carboxylic acids is 1. The van der Waals surface area contributed by atoms with E-state index in [1.807, 2.05) is 13.8 Å². The van der Waals surface area contributed by atoms with Crippen LogP contribution in [-0.2, 0) is 44.8 Å². The zero-order valence-corrected chi connectivity index (χ0v) is 33.1. The van der Waals surface area contributed by atoms with Crippen LogP contribution in [0.25, 0.3) is 0 Å². The Morgan fingerprint density at radius 1 is 0.655 bits per heavy atom. The fraction of sp³-hybridized carbons (Fsp3) is 0.583. The molecule has 0 spiro atoms. The summed E-state index contributed by atoms with van der Waals surface area (Å²) in [4.78, 5) is 107. The number of carbonyl (C=O) groups excluding carboxylic acids is 7. The number of carbonyl (C=O) groups is 8. The van der Waals surface area contributed by atoms with Crippen molar-refractivity contribution in [3.8, 4) is 0 Å². The number of benzene rings is 1. The lowest BCUT2D eigenvalue weighted by atomic mass is 10.00. The van der Waals surface area contributed by atoms with E-state index in [4.69, 9.17) is 22.9 Å². The normalized spacial score (nSPS) is 14.6. The fourth-order valence-electron chi connectivity index (χ4n) is 5.38. The lowest BCUT2D eigenvalue weighted by molar-refractivity contribution is -0.143. The van der Waals surface area contributed by atoms with Crippen LogP contribution in [0.1, 0.15) is 58.9 Å². The van der Waals surface area contributed by atoms with Crippen LogP contribution < -0.4 is 54.8 Å². The summed E-state index contributed by atoms with van der Waals surface area (Å²) >= 11 is 0. The highest BCUT2D eigenvalue weighted by atomic mass is 16.4. The number of rotatable bonds is 26. The molecule has 0 heterocycles. The van der Waals surface area contributed by atoms with Gasteiger partial charge in [-0.2, -0.15) is 0 Å². The molecule has 17 N–H and O–H groups in total. The number of nitrogens with zero attached hydrogens (tertiary/aromatic N) is 1. The monoisotopic (exact) mass is 821 g/mol. The number of aliphatic imine (C=N–C) groups is 1. The smallest absolute Gasteiger partial charge is 0.328 e. The Labute approximate surface area is 336 Å². The predicted octanol–water partition coefficient (Wildman–Crippen LogP) is -4.83. The van der Waals surface area contributed by atoms with Crippen molar-refractivity contribution in [2.75, 3.05) is 19.8 Å². The Morgan fingerprint density at radius 3 is 1.67 bits per heavy atom.